The highest BCUT2D eigenvalue weighted by Gasteiger charge is 2.29. The summed E-state index contributed by atoms with van der Waals surface area (Å²) >= 11 is 0. The summed E-state index contributed by atoms with van der Waals surface area (Å²) in [7, 11) is 0. The molecule has 1 atom stereocenters. The molecule has 0 spiro atoms. The summed E-state index contributed by atoms with van der Waals surface area (Å²) in [5.41, 5.74) is 4.22. The first kappa shape index (κ1) is 18.1. The number of aromatic nitrogens is 1. The molecular formula is C21H25N3O2. The summed E-state index contributed by atoms with van der Waals surface area (Å²) in [6, 6.07) is 11.1. The quantitative estimate of drug-likeness (QED) is 0.846. The maximum absolute atomic E-state index is 12.7. The summed E-state index contributed by atoms with van der Waals surface area (Å²) in [5, 5.41) is 2.99. The van der Waals surface area contributed by atoms with Crippen molar-refractivity contribution in [3.8, 4) is 0 Å². The summed E-state index contributed by atoms with van der Waals surface area (Å²) in [6.45, 7) is 6.93. The molecule has 0 aliphatic carbocycles. The average Bonchev–Trinajstić information content (AvgIpc) is 2.64. The fourth-order valence-corrected chi connectivity index (χ4v) is 3.61. The van der Waals surface area contributed by atoms with Crippen molar-refractivity contribution in [2.75, 3.05) is 18.4 Å². The van der Waals surface area contributed by atoms with Gasteiger partial charge in [-0.05, 0) is 45.2 Å². The van der Waals surface area contributed by atoms with Crippen LogP contribution in [0.4, 0.5) is 10.5 Å². The lowest BCUT2D eigenvalue weighted by Crippen LogP contribution is -2.44. The van der Waals surface area contributed by atoms with Crippen LogP contribution in [-0.2, 0) is 0 Å². The van der Waals surface area contributed by atoms with Crippen LogP contribution in [0.2, 0.25) is 0 Å². The van der Waals surface area contributed by atoms with E-state index in [9.17, 15) is 9.59 Å². The van der Waals surface area contributed by atoms with Crippen molar-refractivity contribution in [1.82, 2.24) is 9.88 Å². The topological polar surface area (TPSA) is 62.3 Å². The van der Waals surface area contributed by atoms with Crippen LogP contribution < -0.4 is 5.32 Å². The summed E-state index contributed by atoms with van der Waals surface area (Å²) < 4.78 is 0. The highest BCUT2D eigenvalue weighted by molar-refractivity contribution is 5.98. The van der Waals surface area contributed by atoms with E-state index in [4.69, 9.17) is 0 Å². The molecule has 1 N–H and O–H groups in total. The van der Waals surface area contributed by atoms with Gasteiger partial charge in [-0.2, -0.15) is 0 Å². The zero-order chi connectivity index (χ0) is 18.7. The fourth-order valence-electron chi connectivity index (χ4n) is 3.61. The van der Waals surface area contributed by atoms with E-state index in [2.05, 4.69) is 10.3 Å². The standard InChI is InChI=1S/C21H25N3O2/c1-14-12-15(2)22-16(3)19(14)23-21(26)24-11-7-10-18(13-24)20(25)17-8-5-4-6-9-17/h4-6,8-9,12,18H,7,10-11,13H2,1-3H3,(H,23,26)/t18-/m0/s1. The average molecular weight is 351 g/mol. The Morgan fingerprint density at radius 1 is 1.15 bits per heavy atom. The van der Waals surface area contributed by atoms with E-state index in [0.717, 1.165) is 35.5 Å². The van der Waals surface area contributed by atoms with Gasteiger partial charge in [-0.15, -0.1) is 0 Å². The van der Waals surface area contributed by atoms with Crippen molar-refractivity contribution in [3.05, 3.63) is 58.9 Å². The van der Waals surface area contributed by atoms with Crippen molar-refractivity contribution < 1.29 is 9.59 Å². The minimum Gasteiger partial charge on any atom is -0.324 e. The molecule has 0 unspecified atom stereocenters. The molecule has 5 nitrogen and oxygen atoms in total. The third-order valence-corrected chi connectivity index (χ3v) is 4.90. The van der Waals surface area contributed by atoms with Gasteiger partial charge in [0, 0.05) is 30.3 Å². The third-order valence-electron chi connectivity index (χ3n) is 4.90. The molecule has 2 aromatic rings. The highest BCUT2D eigenvalue weighted by atomic mass is 16.2. The molecule has 5 heteroatoms. The van der Waals surface area contributed by atoms with Crippen molar-refractivity contribution in [2.24, 2.45) is 5.92 Å². The predicted molar refractivity (Wildman–Crippen MR) is 103 cm³/mol. The van der Waals surface area contributed by atoms with E-state index >= 15 is 0 Å². The smallest absolute Gasteiger partial charge is 0.321 e. The minimum atomic E-state index is -0.160. The van der Waals surface area contributed by atoms with Gasteiger partial charge in [0.15, 0.2) is 5.78 Å². The molecule has 2 amide bonds. The van der Waals surface area contributed by atoms with Crippen LogP contribution in [0.25, 0.3) is 0 Å². The maximum atomic E-state index is 12.7. The second-order valence-electron chi connectivity index (χ2n) is 6.99. The molecule has 1 aromatic heterocycles. The normalized spacial score (nSPS) is 17.0. The van der Waals surface area contributed by atoms with E-state index in [1.54, 1.807) is 4.90 Å². The molecule has 1 aliphatic heterocycles. The number of anilines is 1. The van der Waals surface area contributed by atoms with Gasteiger partial charge in [-0.1, -0.05) is 30.3 Å². The van der Waals surface area contributed by atoms with Crippen LogP contribution in [0.5, 0.6) is 0 Å². The molecule has 1 aliphatic rings. The number of carbonyl (C=O) groups is 2. The molecule has 1 saturated heterocycles. The Morgan fingerprint density at radius 3 is 2.58 bits per heavy atom. The van der Waals surface area contributed by atoms with Gasteiger partial charge >= 0.3 is 6.03 Å². The first-order chi connectivity index (χ1) is 12.5. The zero-order valence-electron chi connectivity index (χ0n) is 15.6. The Kier molecular flexibility index (Phi) is 5.35. The molecule has 0 saturated carbocycles. The third kappa shape index (κ3) is 3.93. The van der Waals surface area contributed by atoms with Crippen LogP contribution in [-0.4, -0.2) is 34.8 Å². The number of nitrogens with zero attached hydrogens (tertiary/aromatic N) is 2. The number of likely N-dealkylation sites (tertiary alicyclic amines) is 1. The molecule has 136 valence electrons. The highest BCUT2D eigenvalue weighted by Crippen LogP contribution is 2.24. The van der Waals surface area contributed by atoms with E-state index in [1.807, 2.05) is 57.2 Å². The number of hydrogen-bond donors (Lipinski definition) is 1. The van der Waals surface area contributed by atoms with Crippen molar-refractivity contribution >= 4 is 17.5 Å². The second-order valence-corrected chi connectivity index (χ2v) is 6.99. The molecule has 0 bridgehead atoms. The number of aryl methyl sites for hydroxylation is 3. The number of amides is 2. The van der Waals surface area contributed by atoms with Crippen LogP contribution >= 0.6 is 0 Å². The Labute approximate surface area is 154 Å². The Bertz CT molecular complexity index is 794. The number of hydrogen-bond acceptors (Lipinski definition) is 3. The number of ketones is 1. The van der Waals surface area contributed by atoms with Crippen molar-refractivity contribution in [3.63, 3.8) is 0 Å². The van der Waals surface area contributed by atoms with Crippen molar-refractivity contribution in [2.45, 2.75) is 33.6 Å². The first-order valence-electron chi connectivity index (χ1n) is 9.05. The number of pyridine rings is 1. The summed E-state index contributed by atoms with van der Waals surface area (Å²) in [6.07, 6.45) is 1.66. The van der Waals surface area contributed by atoms with E-state index < -0.39 is 0 Å². The number of rotatable bonds is 3. The number of nitrogens with one attached hydrogen (secondary N) is 1. The SMILES string of the molecule is Cc1cc(C)c(NC(=O)N2CCC[C@H](C(=O)c3ccccc3)C2)c(C)n1. The predicted octanol–water partition coefficient (Wildman–Crippen LogP) is 4.13. The Morgan fingerprint density at radius 2 is 1.88 bits per heavy atom. The van der Waals surface area contributed by atoms with E-state index in [1.165, 1.54) is 0 Å². The van der Waals surface area contributed by atoms with Gasteiger partial charge in [0.2, 0.25) is 0 Å². The van der Waals surface area contributed by atoms with Gasteiger partial charge in [0.1, 0.15) is 0 Å². The number of urea groups is 1. The molecule has 0 radical (unpaired) electrons. The number of carbonyl (C=O) groups excluding carboxylic acids is 2. The number of piperidine rings is 1. The van der Waals surface area contributed by atoms with Gasteiger partial charge in [-0.3, -0.25) is 9.78 Å². The molecule has 26 heavy (non-hydrogen) atoms. The van der Waals surface area contributed by atoms with Gasteiger partial charge in [0.05, 0.1) is 11.4 Å². The van der Waals surface area contributed by atoms with Crippen LogP contribution in [0, 0.1) is 26.7 Å². The van der Waals surface area contributed by atoms with Crippen LogP contribution in [0.1, 0.15) is 40.2 Å². The van der Waals surface area contributed by atoms with E-state index in [-0.39, 0.29) is 17.7 Å². The summed E-state index contributed by atoms with van der Waals surface area (Å²) in [5.74, 6) is -0.0253. The second kappa shape index (κ2) is 7.68. The lowest BCUT2D eigenvalue weighted by Gasteiger charge is -2.32. The van der Waals surface area contributed by atoms with Crippen molar-refractivity contribution in [1.29, 1.82) is 0 Å². The molecule has 1 fully saturated rings. The van der Waals surface area contributed by atoms with Gasteiger partial charge < -0.3 is 10.2 Å². The molecule has 3 rings (SSSR count). The number of benzene rings is 1. The number of Topliss-reactive ketones (excluding diaryl/α,β-unsaturated/α-hetero) is 1. The molecule has 1 aromatic carbocycles. The maximum Gasteiger partial charge on any atom is 0.321 e. The van der Waals surface area contributed by atoms with Gasteiger partial charge in [-0.25, -0.2) is 4.79 Å². The van der Waals surface area contributed by atoms with Crippen LogP contribution in [0.15, 0.2) is 36.4 Å². The first-order valence-corrected chi connectivity index (χ1v) is 9.05. The van der Waals surface area contributed by atoms with E-state index in [0.29, 0.717) is 18.7 Å². The summed E-state index contributed by atoms with van der Waals surface area (Å²) in [4.78, 5) is 31.6. The Hall–Kier alpha value is -2.69. The lowest BCUT2D eigenvalue weighted by molar-refractivity contribution is 0.0851. The van der Waals surface area contributed by atoms with Crippen LogP contribution in [0.3, 0.4) is 0 Å². The monoisotopic (exact) mass is 351 g/mol. The molecule has 2 heterocycles. The Balaban J connectivity index is 1.70. The van der Waals surface area contributed by atoms with Gasteiger partial charge in [0.25, 0.3) is 0 Å². The molecular weight excluding hydrogens is 326 g/mol. The zero-order valence-corrected chi connectivity index (χ0v) is 15.6. The largest absolute Gasteiger partial charge is 0.324 e. The lowest BCUT2D eigenvalue weighted by atomic mass is 9.90. The fraction of sp³-hybridized carbons (Fsp3) is 0.381. The minimum absolute atomic E-state index is 0.118.